The van der Waals surface area contributed by atoms with Gasteiger partial charge in [-0.25, -0.2) is 0 Å². The van der Waals surface area contributed by atoms with Crippen LogP contribution in [0.15, 0.2) is 0 Å². The minimum absolute atomic E-state index is 0.0550. The molecule has 0 aliphatic carbocycles. The van der Waals surface area contributed by atoms with E-state index in [1.54, 1.807) is 0 Å². The van der Waals surface area contributed by atoms with Crippen molar-refractivity contribution in [1.29, 1.82) is 0 Å². The molecule has 1 unspecified atom stereocenters. The van der Waals surface area contributed by atoms with Gasteiger partial charge < -0.3 is 20.1 Å². The van der Waals surface area contributed by atoms with E-state index in [4.69, 9.17) is 9.47 Å². The molecule has 1 aliphatic heterocycles. The Morgan fingerprint density at radius 1 is 1.67 bits per heavy atom. The second kappa shape index (κ2) is 7.62. The number of hydrogen-bond donors (Lipinski definition) is 2. The zero-order chi connectivity index (χ0) is 10.9. The standard InChI is InChI=1S/C10H20N2O3/c1-2-3-12-10(13)8-14-7-9-6-11-4-5-15-9/h9,11H,2-8H2,1H3,(H,12,13). The molecule has 5 nitrogen and oxygen atoms in total. The lowest BCUT2D eigenvalue weighted by Gasteiger charge is -2.23. The highest BCUT2D eigenvalue weighted by molar-refractivity contribution is 5.77. The van der Waals surface area contributed by atoms with E-state index in [1.807, 2.05) is 6.92 Å². The molecule has 1 atom stereocenters. The molecule has 0 aromatic heterocycles. The zero-order valence-electron chi connectivity index (χ0n) is 9.25. The van der Waals surface area contributed by atoms with E-state index in [0.717, 1.165) is 26.1 Å². The van der Waals surface area contributed by atoms with Crippen LogP contribution in [0.2, 0.25) is 0 Å². The Labute approximate surface area is 90.5 Å². The summed E-state index contributed by atoms with van der Waals surface area (Å²) in [6.07, 6.45) is 1.03. The molecule has 1 fully saturated rings. The predicted octanol–water partition coefficient (Wildman–Crippen LogP) is -0.482. The first-order valence-corrected chi connectivity index (χ1v) is 5.49. The summed E-state index contributed by atoms with van der Waals surface area (Å²) in [6.45, 7) is 5.75. The maximum absolute atomic E-state index is 11.2. The molecular weight excluding hydrogens is 196 g/mol. The van der Waals surface area contributed by atoms with Gasteiger partial charge in [-0.1, -0.05) is 6.92 Å². The van der Waals surface area contributed by atoms with Crippen LogP contribution in [0.25, 0.3) is 0 Å². The number of nitrogens with one attached hydrogen (secondary N) is 2. The van der Waals surface area contributed by atoms with E-state index >= 15 is 0 Å². The smallest absolute Gasteiger partial charge is 0.245 e. The lowest BCUT2D eigenvalue weighted by molar-refractivity contribution is -0.127. The summed E-state index contributed by atoms with van der Waals surface area (Å²) in [6, 6.07) is 0. The van der Waals surface area contributed by atoms with Gasteiger partial charge in [-0.3, -0.25) is 4.79 Å². The number of ether oxygens (including phenoxy) is 2. The van der Waals surface area contributed by atoms with Gasteiger partial charge in [0.2, 0.25) is 5.91 Å². The molecule has 0 saturated carbocycles. The largest absolute Gasteiger partial charge is 0.373 e. The van der Waals surface area contributed by atoms with Crippen LogP contribution in [-0.2, 0) is 14.3 Å². The molecule has 0 aromatic carbocycles. The first-order valence-electron chi connectivity index (χ1n) is 5.49. The van der Waals surface area contributed by atoms with Crippen molar-refractivity contribution < 1.29 is 14.3 Å². The number of carbonyl (C=O) groups is 1. The topological polar surface area (TPSA) is 59.6 Å². The average Bonchev–Trinajstić information content (AvgIpc) is 2.28. The van der Waals surface area contributed by atoms with E-state index in [2.05, 4.69) is 10.6 Å². The monoisotopic (exact) mass is 216 g/mol. The quantitative estimate of drug-likeness (QED) is 0.629. The van der Waals surface area contributed by atoms with Crippen molar-refractivity contribution in [3.63, 3.8) is 0 Å². The normalized spacial score (nSPS) is 21.3. The average molecular weight is 216 g/mol. The highest BCUT2D eigenvalue weighted by Crippen LogP contribution is 1.96. The lowest BCUT2D eigenvalue weighted by atomic mass is 10.3. The molecule has 2 N–H and O–H groups in total. The Kier molecular flexibility index (Phi) is 6.31. The van der Waals surface area contributed by atoms with E-state index in [1.165, 1.54) is 0 Å². The van der Waals surface area contributed by atoms with Gasteiger partial charge in [-0.05, 0) is 6.42 Å². The van der Waals surface area contributed by atoms with Crippen LogP contribution in [0.4, 0.5) is 0 Å². The summed E-state index contributed by atoms with van der Waals surface area (Å²) >= 11 is 0. The van der Waals surface area contributed by atoms with Crippen molar-refractivity contribution in [3.8, 4) is 0 Å². The van der Waals surface area contributed by atoms with Crippen molar-refractivity contribution in [2.45, 2.75) is 19.4 Å². The number of carbonyl (C=O) groups excluding carboxylic acids is 1. The molecule has 1 heterocycles. The van der Waals surface area contributed by atoms with Crippen molar-refractivity contribution in [1.82, 2.24) is 10.6 Å². The van der Waals surface area contributed by atoms with E-state index in [9.17, 15) is 4.79 Å². The molecule has 0 aromatic rings. The van der Waals surface area contributed by atoms with Gasteiger partial charge in [0.15, 0.2) is 0 Å². The fourth-order valence-electron chi connectivity index (χ4n) is 1.33. The summed E-state index contributed by atoms with van der Waals surface area (Å²) < 4.78 is 10.7. The minimum atomic E-state index is -0.0550. The Morgan fingerprint density at radius 2 is 2.53 bits per heavy atom. The Hall–Kier alpha value is -0.650. The highest BCUT2D eigenvalue weighted by atomic mass is 16.5. The molecule has 1 rings (SSSR count). The fourth-order valence-corrected chi connectivity index (χ4v) is 1.33. The van der Waals surface area contributed by atoms with E-state index in [-0.39, 0.29) is 18.6 Å². The summed E-state index contributed by atoms with van der Waals surface area (Å²) in [7, 11) is 0. The van der Waals surface area contributed by atoms with Gasteiger partial charge in [0.1, 0.15) is 6.61 Å². The molecule has 15 heavy (non-hydrogen) atoms. The van der Waals surface area contributed by atoms with Gasteiger partial charge in [0.25, 0.3) is 0 Å². The molecule has 0 radical (unpaired) electrons. The van der Waals surface area contributed by atoms with Gasteiger partial charge in [0, 0.05) is 19.6 Å². The van der Waals surface area contributed by atoms with E-state index < -0.39 is 0 Å². The second-order valence-electron chi connectivity index (χ2n) is 3.56. The zero-order valence-corrected chi connectivity index (χ0v) is 9.25. The van der Waals surface area contributed by atoms with Crippen LogP contribution in [0, 0.1) is 0 Å². The van der Waals surface area contributed by atoms with Gasteiger partial charge in [0.05, 0.1) is 19.3 Å². The van der Waals surface area contributed by atoms with Crippen LogP contribution in [0.5, 0.6) is 0 Å². The third-order valence-corrected chi connectivity index (χ3v) is 2.11. The predicted molar refractivity (Wildman–Crippen MR) is 56.7 cm³/mol. The van der Waals surface area contributed by atoms with Crippen LogP contribution in [0.1, 0.15) is 13.3 Å². The first-order chi connectivity index (χ1) is 7.33. The summed E-state index contributed by atoms with van der Waals surface area (Å²) in [5.74, 6) is -0.0550. The van der Waals surface area contributed by atoms with Crippen LogP contribution < -0.4 is 10.6 Å². The fraction of sp³-hybridized carbons (Fsp3) is 0.900. The van der Waals surface area contributed by atoms with Gasteiger partial charge in [-0.15, -0.1) is 0 Å². The number of rotatable bonds is 6. The lowest BCUT2D eigenvalue weighted by Crippen LogP contribution is -2.41. The Morgan fingerprint density at radius 3 is 3.20 bits per heavy atom. The third kappa shape index (κ3) is 5.71. The molecule has 1 amide bonds. The molecule has 0 bridgehead atoms. The maximum atomic E-state index is 11.2. The molecule has 5 heteroatoms. The summed E-state index contributed by atoms with van der Waals surface area (Å²) in [4.78, 5) is 11.2. The first kappa shape index (κ1) is 12.4. The van der Waals surface area contributed by atoms with Crippen LogP contribution in [-0.4, -0.2) is 51.5 Å². The van der Waals surface area contributed by atoms with Gasteiger partial charge in [-0.2, -0.15) is 0 Å². The number of hydrogen-bond acceptors (Lipinski definition) is 4. The van der Waals surface area contributed by atoms with Crippen LogP contribution in [0.3, 0.4) is 0 Å². The molecular formula is C10H20N2O3. The maximum Gasteiger partial charge on any atom is 0.245 e. The van der Waals surface area contributed by atoms with Crippen LogP contribution >= 0.6 is 0 Å². The molecule has 1 saturated heterocycles. The van der Waals surface area contributed by atoms with Crippen molar-refractivity contribution in [3.05, 3.63) is 0 Å². The third-order valence-electron chi connectivity index (χ3n) is 2.11. The second-order valence-corrected chi connectivity index (χ2v) is 3.56. The molecule has 88 valence electrons. The number of amides is 1. The Balaban J connectivity index is 1.97. The van der Waals surface area contributed by atoms with Crippen molar-refractivity contribution in [2.75, 3.05) is 39.5 Å². The van der Waals surface area contributed by atoms with Crippen molar-refractivity contribution in [2.24, 2.45) is 0 Å². The molecule has 0 spiro atoms. The van der Waals surface area contributed by atoms with E-state index in [0.29, 0.717) is 13.2 Å². The number of morpholine rings is 1. The van der Waals surface area contributed by atoms with Crippen molar-refractivity contribution >= 4 is 5.91 Å². The highest BCUT2D eigenvalue weighted by Gasteiger charge is 2.13. The SMILES string of the molecule is CCCNC(=O)COCC1CNCCO1. The molecule has 1 aliphatic rings. The summed E-state index contributed by atoms with van der Waals surface area (Å²) in [5.41, 5.74) is 0. The summed E-state index contributed by atoms with van der Waals surface area (Å²) in [5, 5.41) is 5.95. The minimum Gasteiger partial charge on any atom is -0.373 e. The Bertz CT molecular complexity index is 182. The van der Waals surface area contributed by atoms with Gasteiger partial charge >= 0.3 is 0 Å².